The lowest BCUT2D eigenvalue weighted by Gasteiger charge is -2.34. The molecule has 1 aromatic rings. The summed E-state index contributed by atoms with van der Waals surface area (Å²) in [5, 5.41) is 3.47. The number of fused-ring (bicyclic) bond motifs is 1. The first-order valence-corrected chi connectivity index (χ1v) is 9.84. The molecule has 0 aromatic heterocycles. The summed E-state index contributed by atoms with van der Waals surface area (Å²) in [6.45, 7) is 5.83. The monoisotopic (exact) mass is 365 g/mol. The van der Waals surface area contributed by atoms with E-state index in [1.165, 1.54) is 0 Å². The molecule has 0 unspecified atom stereocenters. The van der Waals surface area contributed by atoms with Crippen LogP contribution in [0.4, 0.5) is 5.69 Å². The standard InChI is InChI=1S/C17H27N5O2S/c1-21-6-8-22(9-7-21)17(19-5-11-25-10-4-18)20-14-2-3-15-16(12-14)24-13-23-15/h2-3,12H,4-11,13,18H2,1H3,(H,19,20). The van der Waals surface area contributed by atoms with Gasteiger partial charge in [0, 0.05) is 56.0 Å². The maximum absolute atomic E-state index is 5.54. The van der Waals surface area contributed by atoms with Gasteiger partial charge in [-0.05, 0) is 19.2 Å². The van der Waals surface area contributed by atoms with Crippen molar-refractivity contribution in [2.45, 2.75) is 0 Å². The maximum atomic E-state index is 5.54. The number of piperazine rings is 1. The van der Waals surface area contributed by atoms with Crippen LogP contribution in [0.25, 0.3) is 0 Å². The van der Waals surface area contributed by atoms with Crippen LogP contribution in [0.2, 0.25) is 0 Å². The summed E-state index contributed by atoms with van der Waals surface area (Å²) in [7, 11) is 2.16. The summed E-state index contributed by atoms with van der Waals surface area (Å²) >= 11 is 1.84. The molecule has 2 aliphatic heterocycles. The van der Waals surface area contributed by atoms with E-state index in [-0.39, 0.29) is 6.79 Å². The van der Waals surface area contributed by atoms with Gasteiger partial charge in [-0.15, -0.1) is 0 Å². The Bertz CT molecular complexity index is 590. The van der Waals surface area contributed by atoms with E-state index in [0.717, 1.165) is 73.9 Å². The number of hydrogen-bond donors (Lipinski definition) is 2. The van der Waals surface area contributed by atoms with Crippen molar-refractivity contribution >= 4 is 23.4 Å². The summed E-state index contributed by atoms with van der Waals surface area (Å²) in [4.78, 5) is 9.47. The van der Waals surface area contributed by atoms with Crippen molar-refractivity contribution in [3.63, 3.8) is 0 Å². The van der Waals surface area contributed by atoms with E-state index in [9.17, 15) is 0 Å². The predicted octanol–water partition coefficient (Wildman–Crippen LogP) is 1.12. The molecule has 138 valence electrons. The molecular weight excluding hydrogens is 338 g/mol. The molecule has 2 aliphatic rings. The molecule has 0 aliphatic carbocycles. The van der Waals surface area contributed by atoms with Gasteiger partial charge in [0.25, 0.3) is 0 Å². The number of nitrogens with zero attached hydrogens (tertiary/aromatic N) is 3. The van der Waals surface area contributed by atoms with Crippen molar-refractivity contribution in [1.82, 2.24) is 9.80 Å². The van der Waals surface area contributed by atoms with Crippen LogP contribution >= 0.6 is 11.8 Å². The van der Waals surface area contributed by atoms with E-state index in [4.69, 9.17) is 20.2 Å². The number of hydrogen-bond acceptors (Lipinski definition) is 6. The Morgan fingerprint density at radius 1 is 1.20 bits per heavy atom. The smallest absolute Gasteiger partial charge is 0.231 e. The van der Waals surface area contributed by atoms with E-state index in [1.807, 2.05) is 30.0 Å². The number of rotatable bonds is 6. The minimum atomic E-state index is 0.288. The molecule has 0 spiro atoms. The molecule has 0 radical (unpaired) electrons. The first-order valence-electron chi connectivity index (χ1n) is 8.68. The molecule has 3 N–H and O–H groups in total. The molecule has 0 atom stereocenters. The van der Waals surface area contributed by atoms with Crippen LogP contribution in [0.15, 0.2) is 23.2 Å². The Morgan fingerprint density at radius 3 is 2.80 bits per heavy atom. The first kappa shape index (κ1) is 18.2. The fourth-order valence-corrected chi connectivity index (χ4v) is 3.33. The molecule has 2 heterocycles. The number of nitrogens with one attached hydrogen (secondary N) is 1. The molecule has 8 heteroatoms. The molecule has 7 nitrogen and oxygen atoms in total. The van der Waals surface area contributed by atoms with Gasteiger partial charge in [-0.25, -0.2) is 0 Å². The third kappa shape index (κ3) is 5.17. The third-order valence-corrected chi connectivity index (χ3v) is 5.19. The van der Waals surface area contributed by atoms with Gasteiger partial charge in [0.05, 0.1) is 6.54 Å². The summed E-state index contributed by atoms with van der Waals surface area (Å²) in [6, 6.07) is 5.91. The average molecular weight is 366 g/mol. The first-order chi connectivity index (χ1) is 12.3. The highest BCUT2D eigenvalue weighted by atomic mass is 32.2. The van der Waals surface area contributed by atoms with Gasteiger partial charge in [-0.1, -0.05) is 0 Å². The van der Waals surface area contributed by atoms with Crippen LogP contribution in [-0.4, -0.2) is 80.4 Å². The van der Waals surface area contributed by atoms with Crippen LogP contribution in [0.5, 0.6) is 11.5 Å². The van der Waals surface area contributed by atoms with Crippen molar-refractivity contribution in [1.29, 1.82) is 0 Å². The number of thioether (sulfide) groups is 1. The van der Waals surface area contributed by atoms with Crippen LogP contribution in [-0.2, 0) is 0 Å². The van der Waals surface area contributed by atoms with Gasteiger partial charge >= 0.3 is 0 Å². The number of guanidine groups is 1. The van der Waals surface area contributed by atoms with Crippen LogP contribution < -0.4 is 20.5 Å². The zero-order valence-electron chi connectivity index (χ0n) is 14.7. The van der Waals surface area contributed by atoms with Crippen LogP contribution in [0.3, 0.4) is 0 Å². The van der Waals surface area contributed by atoms with Gasteiger partial charge in [-0.2, -0.15) is 11.8 Å². The second-order valence-electron chi connectivity index (χ2n) is 6.09. The van der Waals surface area contributed by atoms with E-state index in [1.54, 1.807) is 0 Å². The van der Waals surface area contributed by atoms with E-state index >= 15 is 0 Å². The SMILES string of the molecule is CN1CCN(C(=NCCSCCN)Nc2ccc3c(c2)OCO3)CC1. The fourth-order valence-electron chi connectivity index (χ4n) is 2.74. The second kappa shape index (κ2) is 9.17. The lowest BCUT2D eigenvalue weighted by molar-refractivity contribution is 0.174. The summed E-state index contributed by atoms with van der Waals surface area (Å²) < 4.78 is 10.8. The number of likely N-dealkylation sites (N-methyl/N-ethyl adjacent to an activating group) is 1. The topological polar surface area (TPSA) is 75.4 Å². The molecule has 1 saturated heterocycles. The number of aliphatic imine (C=N–C) groups is 1. The second-order valence-corrected chi connectivity index (χ2v) is 7.31. The zero-order valence-corrected chi connectivity index (χ0v) is 15.6. The Morgan fingerprint density at radius 2 is 2.00 bits per heavy atom. The number of ether oxygens (including phenoxy) is 2. The van der Waals surface area contributed by atoms with E-state index in [2.05, 4.69) is 22.2 Å². The van der Waals surface area contributed by atoms with Gasteiger partial charge in [0.1, 0.15) is 0 Å². The summed E-state index contributed by atoms with van der Waals surface area (Å²) in [5.74, 6) is 4.47. The lowest BCUT2D eigenvalue weighted by atomic mass is 10.2. The Kier molecular flexibility index (Phi) is 6.66. The molecule has 25 heavy (non-hydrogen) atoms. The molecule has 0 amide bonds. The molecular formula is C17H27N5O2S. The normalized spacial score (nSPS) is 17.8. The van der Waals surface area contributed by atoms with E-state index < -0.39 is 0 Å². The van der Waals surface area contributed by atoms with Crippen LogP contribution in [0.1, 0.15) is 0 Å². The zero-order chi connectivity index (χ0) is 17.5. The lowest BCUT2D eigenvalue weighted by Crippen LogP contribution is -2.49. The molecule has 0 bridgehead atoms. The molecule has 3 rings (SSSR count). The fraction of sp³-hybridized carbons (Fsp3) is 0.588. The van der Waals surface area contributed by atoms with E-state index in [0.29, 0.717) is 0 Å². The van der Waals surface area contributed by atoms with Crippen molar-refractivity contribution in [2.24, 2.45) is 10.7 Å². The van der Waals surface area contributed by atoms with Crippen molar-refractivity contribution in [3.8, 4) is 11.5 Å². The van der Waals surface area contributed by atoms with Gasteiger partial charge in [-0.3, -0.25) is 4.99 Å². The summed E-state index contributed by atoms with van der Waals surface area (Å²) in [5.41, 5.74) is 6.51. The molecule has 1 fully saturated rings. The van der Waals surface area contributed by atoms with Gasteiger partial charge in [0.15, 0.2) is 17.5 Å². The van der Waals surface area contributed by atoms with Crippen LogP contribution in [0, 0.1) is 0 Å². The Labute approximate surface area is 153 Å². The van der Waals surface area contributed by atoms with Gasteiger partial charge < -0.3 is 30.3 Å². The number of benzene rings is 1. The van der Waals surface area contributed by atoms with Crippen molar-refractivity contribution in [2.75, 3.05) is 69.9 Å². The number of anilines is 1. The highest BCUT2D eigenvalue weighted by Crippen LogP contribution is 2.34. The quantitative estimate of drug-likeness (QED) is 0.444. The van der Waals surface area contributed by atoms with Crippen molar-refractivity contribution < 1.29 is 9.47 Å². The maximum Gasteiger partial charge on any atom is 0.231 e. The average Bonchev–Trinajstić information content (AvgIpc) is 3.09. The minimum absolute atomic E-state index is 0.288. The highest BCUT2D eigenvalue weighted by Gasteiger charge is 2.19. The molecule has 0 saturated carbocycles. The third-order valence-electron chi connectivity index (χ3n) is 4.19. The minimum Gasteiger partial charge on any atom is -0.454 e. The number of nitrogens with two attached hydrogens (primary N) is 1. The summed E-state index contributed by atoms with van der Waals surface area (Å²) in [6.07, 6.45) is 0. The highest BCUT2D eigenvalue weighted by molar-refractivity contribution is 7.99. The van der Waals surface area contributed by atoms with Gasteiger partial charge in [0.2, 0.25) is 6.79 Å². The largest absolute Gasteiger partial charge is 0.454 e. The molecule has 1 aromatic carbocycles. The van der Waals surface area contributed by atoms with Crippen molar-refractivity contribution in [3.05, 3.63) is 18.2 Å². The Balaban J connectivity index is 1.65. The Hall–Kier alpha value is -1.64. The predicted molar refractivity (Wildman–Crippen MR) is 104 cm³/mol.